The third kappa shape index (κ3) is 2.97. The first-order chi connectivity index (χ1) is 7.74. The lowest BCUT2D eigenvalue weighted by molar-refractivity contribution is 0.0407. The maximum absolute atomic E-state index is 11.3. The lowest BCUT2D eigenvalue weighted by Crippen LogP contribution is -2.23. The number of carbonyl (C=O) groups is 1. The number of rotatable bonds is 2. The highest BCUT2D eigenvalue weighted by Gasteiger charge is 2.19. The molecule has 2 rings (SSSR count). The second-order valence-corrected chi connectivity index (χ2v) is 3.60. The minimum atomic E-state index is -0.731. The van der Waals surface area contributed by atoms with Gasteiger partial charge in [0.1, 0.15) is 6.10 Å². The number of nitrogens with one attached hydrogen (secondary N) is 1. The predicted molar refractivity (Wildman–Crippen MR) is 52.6 cm³/mol. The van der Waals surface area contributed by atoms with Crippen LogP contribution in [0.15, 0.2) is 12.3 Å². The van der Waals surface area contributed by atoms with E-state index in [1.165, 1.54) is 18.7 Å². The molecule has 1 aromatic rings. The molecule has 1 N–H and O–H groups in total. The van der Waals surface area contributed by atoms with E-state index in [-0.39, 0.29) is 12.0 Å². The van der Waals surface area contributed by atoms with Crippen LogP contribution in [0.3, 0.4) is 0 Å². The molecular weight excluding hydrogens is 196 g/mol. The Morgan fingerprint density at radius 2 is 2.33 bits per heavy atom. The third-order valence-corrected chi connectivity index (χ3v) is 2.44. The van der Waals surface area contributed by atoms with E-state index in [1.807, 2.05) is 0 Å². The molecule has 82 valence electrons. The van der Waals surface area contributed by atoms with E-state index in [1.54, 1.807) is 0 Å². The van der Waals surface area contributed by atoms with Crippen molar-refractivity contribution in [3.63, 3.8) is 0 Å². The SMILES string of the molecule is [2H]n1ccc(OC(=O)OC2CCCCC2)n1. The van der Waals surface area contributed by atoms with Crippen LogP contribution in [0.1, 0.15) is 32.1 Å². The number of carbonyl (C=O) groups excluding carboxylic acids is 1. The van der Waals surface area contributed by atoms with Gasteiger partial charge in [0.15, 0.2) is 1.41 Å². The predicted octanol–water partition coefficient (Wildman–Crippen LogP) is 2.26. The van der Waals surface area contributed by atoms with Gasteiger partial charge in [0.25, 0.3) is 0 Å². The van der Waals surface area contributed by atoms with Gasteiger partial charge in [0.2, 0.25) is 5.88 Å². The number of H-pyrrole nitrogens is 1. The quantitative estimate of drug-likeness (QED) is 0.762. The highest BCUT2D eigenvalue weighted by Crippen LogP contribution is 2.20. The van der Waals surface area contributed by atoms with Gasteiger partial charge in [0, 0.05) is 12.3 Å². The van der Waals surface area contributed by atoms with Gasteiger partial charge in [-0.1, -0.05) is 6.42 Å². The maximum atomic E-state index is 11.3. The van der Waals surface area contributed by atoms with E-state index in [0.717, 1.165) is 30.8 Å². The maximum Gasteiger partial charge on any atom is 0.515 e. The van der Waals surface area contributed by atoms with Gasteiger partial charge in [0.05, 0.1) is 0 Å². The molecule has 5 heteroatoms. The second kappa shape index (κ2) is 4.82. The molecule has 0 atom stereocenters. The molecular formula is C10H14N2O3. The summed E-state index contributed by atoms with van der Waals surface area (Å²) in [4.78, 5) is 11.3. The molecule has 5 nitrogen and oxygen atoms in total. The van der Waals surface area contributed by atoms with E-state index < -0.39 is 6.16 Å². The summed E-state index contributed by atoms with van der Waals surface area (Å²) < 4.78 is 17.0. The molecule has 0 bridgehead atoms. The van der Waals surface area contributed by atoms with Gasteiger partial charge in [-0.05, 0) is 25.7 Å². The van der Waals surface area contributed by atoms with Gasteiger partial charge < -0.3 is 9.47 Å². The molecule has 0 saturated heterocycles. The minimum Gasteiger partial charge on any atom is -0.431 e. The van der Waals surface area contributed by atoms with Crippen molar-refractivity contribution in [2.75, 3.05) is 0 Å². The van der Waals surface area contributed by atoms with Gasteiger partial charge in [-0.2, -0.15) is 0 Å². The minimum absolute atomic E-state index is 0.0284. The van der Waals surface area contributed by atoms with Crippen LogP contribution in [0.4, 0.5) is 4.79 Å². The van der Waals surface area contributed by atoms with E-state index >= 15 is 0 Å². The van der Waals surface area contributed by atoms with Crippen LogP contribution in [0, 0.1) is 0 Å². The number of aromatic amines is 1. The van der Waals surface area contributed by atoms with Crippen molar-refractivity contribution in [1.82, 2.24) is 10.2 Å². The van der Waals surface area contributed by atoms with Crippen molar-refractivity contribution in [1.29, 1.82) is 0 Å². The monoisotopic (exact) mass is 211 g/mol. The molecule has 0 radical (unpaired) electrons. The first-order valence-electron chi connectivity index (χ1n) is 5.62. The molecule has 0 unspecified atom stereocenters. The van der Waals surface area contributed by atoms with Gasteiger partial charge in [-0.25, -0.2) is 4.79 Å². The molecule has 1 saturated carbocycles. The molecule has 1 aromatic heterocycles. The number of ether oxygens (including phenoxy) is 2. The molecule has 0 amide bonds. The van der Waals surface area contributed by atoms with E-state index in [9.17, 15) is 4.79 Å². The van der Waals surface area contributed by atoms with E-state index in [4.69, 9.17) is 10.9 Å². The molecule has 1 fully saturated rings. The first-order valence-corrected chi connectivity index (χ1v) is 5.17. The largest absolute Gasteiger partial charge is 0.515 e. The standard InChI is InChI=1S/C10H14N2O3/c13-10(15-9-6-7-11-12-9)14-8-4-2-1-3-5-8/h6-8H,1-5H2,(H,11,12)/i/hD. The van der Waals surface area contributed by atoms with E-state index in [2.05, 4.69) is 5.10 Å². The van der Waals surface area contributed by atoms with Crippen molar-refractivity contribution < 1.29 is 15.7 Å². The normalized spacial score (nSPS) is 18.3. The number of nitrogens with zero attached hydrogens (tertiary/aromatic N) is 1. The Morgan fingerprint density at radius 1 is 1.53 bits per heavy atom. The molecule has 0 spiro atoms. The average Bonchev–Trinajstić information content (AvgIpc) is 2.65. The molecule has 0 aliphatic heterocycles. The summed E-state index contributed by atoms with van der Waals surface area (Å²) in [5.41, 5.74) is 0. The van der Waals surface area contributed by atoms with Crippen LogP contribution in [0.25, 0.3) is 0 Å². The summed E-state index contributed by atoms with van der Waals surface area (Å²) in [5, 5.41) is 4.43. The Bertz CT molecular complexity index is 361. The van der Waals surface area contributed by atoms with Crippen LogP contribution in [-0.2, 0) is 4.74 Å². The summed E-state index contributed by atoms with van der Waals surface area (Å²) in [6, 6.07) is 1.44. The topological polar surface area (TPSA) is 64.2 Å². The van der Waals surface area contributed by atoms with Gasteiger partial charge in [-0.3, -0.25) is 5.09 Å². The van der Waals surface area contributed by atoms with Gasteiger partial charge >= 0.3 is 6.16 Å². The highest BCUT2D eigenvalue weighted by molar-refractivity contribution is 5.63. The Hall–Kier alpha value is -1.52. The molecule has 1 aliphatic rings. The second-order valence-electron chi connectivity index (χ2n) is 3.60. The Balaban J connectivity index is 1.79. The van der Waals surface area contributed by atoms with Crippen molar-refractivity contribution in [2.24, 2.45) is 0 Å². The lowest BCUT2D eigenvalue weighted by atomic mass is 9.98. The van der Waals surface area contributed by atoms with Crippen LogP contribution in [-0.4, -0.2) is 22.4 Å². The van der Waals surface area contributed by atoms with Crippen LogP contribution in [0.5, 0.6) is 5.88 Å². The Labute approximate surface area is 89.2 Å². The Kier molecular flexibility index (Phi) is 2.81. The van der Waals surface area contributed by atoms with Crippen LogP contribution < -0.4 is 4.74 Å². The molecule has 1 heterocycles. The zero-order chi connectivity index (χ0) is 11.4. The van der Waals surface area contributed by atoms with Crippen molar-refractivity contribution in [3.8, 4) is 5.88 Å². The fourth-order valence-corrected chi connectivity index (χ4v) is 1.70. The number of hydrogen-bond donors (Lipinski definition) is 1. The number of hydrogen-bond acceptors (Lipinski definition) is 4. The molecule has 1 aliphatic carbocycles. The Morgan fingerprint density at radius 3 is 3.00 bits per heavy atom. The summed E-state index contributed by atoms with van der Waals surface area (Å²) in [6.45, 7) is 0. The first kappa shape index (κ1) is 8.76. The number of aromatic nitrogens is 2. The summed E-state index contributed by atoms with van der Waals surface area (Å²) >= 11 is 0. The smallest absolute Gasteiger partial charge is 0.431 e. The van der Waals surface area contributed by atoms with Gasteiger partial charge in [-0.15, -0.1) is 5.10 Å². The fraction of sp³-hybridized carbons (Fsp3) is 0.600. The lowest BCUT2D eigenvalue weighted by Gasteiger charge is -2.20. The molecule has 0 aromatic carbocycles. The highest BCUT2D eigenvalue weighted by atomic mass is 16.7. The van der Waals surface area contributed by atoms with Crippen molar-refractivity contribution in [3.05, 3.63) is 12.3 Å². The zero-order valence-electron chi connectivity index (χ0n) is 9.39. The summed E-state index contributed by atoms with van der Waals surface area (Å²) in [5.74, 6) is 0.0933. The van der Waals surface area contributed by atoms with Crippen LogP contribution in [0.2, 0.25) is 1.41 Å². The fourth-order valence-electron chi connectivity index (χ4n) is 1.70. The van der Waals surface area contributed by atoms with E-state index in [0.29, 0.717) is 0 Å². The zero-order valence-corrected chi connectivity index (χ0v) is 8.39. The molecule has 15 heavy (non-hydrogen) atoms. The summed E-state index contributed by atoms with van der Waals surface area (Å²) in [7, 11) is 0. The summed E-state index contributed by atoms with van der Waals surface area (Å²) in [6.07, 6.45) is 5.83. The van der Waals surface area contributed by atoms with Crippen LogP contribution >= 0.6 is 0 Å². The average molecular weight is 211 g/mol. The van der Waals surface area contributed by atoms with Crippen molar-refractivity contribution >= 4 is 6.16 Å². The van der Waals surface area contributed by atoms with Crippen molar-refractivity contribution in [2.45, 2.75) is 38.2 Å². The third-order valence-electron chi connectivity index (χ3n) is 2.44.